The molecular formula is C7H4F3NO2. The minimum Gasteiger partial charge on any atom is -0.358 e. The molecule has 13 heavy (non-hydrogen) atoms. The first-order valence-electron chi connectivity index (χ1n) is 3.20. The summed E-state index contributed by atoms with van der Waals surface area (Å²) in [4.78, 5) is 22.9. The second kappa shape index (κ2) is 3.04. The molecule has 0 fully saturated rings. The van der Waals surface area contributed by atoms with Gasteiger partial charge in [0.15, 0.2) is 11.7 Å². The molecule has 0 atom stereocenters. The molecule has 0 amide bonds. The number of aromatic nitrogens is 1. The van der Waals surface area contributed by atoms with Gasteiger partial charge in [-0.15, -0.1) is 0 Å². The minimum absolute atomic E-state index is 0.182. The molecule has 0 spiro atoms. The zero-order valence-corrected chi connectivity index (χ0v) is 6.18. The second-order valence-corrected chi connectivity index (χ2v) is 2.28. The van der Waals surface area contributed by atoms with Gasteiger partial charge in [0.25, 0.3) is 0 Å². The first-order valence-corrected chi connectivity index (χ1v) is 3.20. The molecule has 0 unspecified atom stereocenters. The summed E-state index contributed by atoms with van der Waals surface area (Å²) < 4.78 is 35.9. The van der Waals surface area contributed by atoms with Gasteiger partial charge in [-0.3, -0.25) is 9.59 Å². The lowest BCUT2D eigenvalue weighted by molar-refractivity contribution is -0.138. The van der Waals surface area contributed by atoms with E-state index >= 15 is 0 Å². The normalized spacial score (nSPS) is 11.3. The first-order chi connectivity index (χ1) is 5.95. The van der Waals surface area contributed by atoms with Crippen LogP contribution >= 0.6 is 0 Å². The van der Waals surface area contributed by atoms with Crippen LogP contribution in [0.5, 0.6) is 0 Å². The second-order valence-electron chi connectivity index (χ2n) is 2.28. The number of pyridine rings is 1. The van der Waals surface area contributed by atoms with Gasteiger partial charge in [-0.25, -0.2) is 0 Å². The van der Waals surface area contributed by atoms with E-state index in [4.69, 9.17) is 0 Å². The average Bonchev–Trinajstić information content (AvgIpc) is 2.01. The lowest BCUT2D eigenvalue weighted by Gasteiger charge is -2.04. The Morgan fingerprint density at radius 3 is 2.38 bits per heavy atom. The van der Waals surface area contributed by atoms with E-state index in [2.05, 4.69) is 0 Å². The van der Waals surface area contributed by atoms with Crippen molar-refractivity contribution in [2.24, 2.45) is 0 Å². The van der Waals surface area contributed by atoms with Crippen molar-refractivity contribution in [3.05, 3.63) is 33.7 Å². The van der Waals surface area contributed by atoms with Crippen molar-refractivity contribution in [3.8, 4) is 0 Å². The Morgan fingerprint density at radius 1 is 1.38 bits per heavy atom. The lowest BCUT2D eigenvalue weighted by atomic mass is 10.2. The molecular weight excluding hydrogens is 187 g/mol. The summed E-state index contributed by atoms with van der Waals surface area (Å²) in [5, 5.41) is 0. The van der Waals surface area contributed by atoms with Crippen LogP contribution < -0.4 is 5.43 Å². The van der Waals surface area contributed by atoms with Crippen LogP contribution in [0.15, 0.2) is 17.1 Å². The Kier molecular flexibility index (Phi) is 2.22. The van der Waals surface area contributed by atoms with Gasteiger partial charge in [-0.2, -0.15) is 13.2 Å². The Hall–Kier alpha value is -1.59. The van der Waals surface area contributed by atoms with Crippen molar-refractivity contribution in [1.29, 1.82) is 0 Å². The van der Waals surface area contributed by atoms with Gasteiger partial charge in [-0.05, 0) is 0 Å². The highest BCUT2D eigenvalue weighted by atomic mass is 19.4. The fraction of sp³-hybridized carbons (Fsp3) is 0.143. The molecule has 0 saturated heterocycles. The average molecular weight is 191 g/mol. The van der Waals surface area contributed by atoms with Crippen LogP contribution in [0.1, 0.15) is 16.1 Å². The number of hydrogen-bond donors (Lipinski definition) is 1. The van der Waals surface area contributed by atoms with Gasteiger partial charge in [0.2, 0.25) is 0 Å². The van der Waals surface area contributed by atoms with Gasteiger partial charge in [-0.1, -0.05) is 0 Å². The smallest absolute Gasteiger partial charge is 0.358 e. The van der Waals surface area contributed by atoms with Crippen LogP contribution in [0.4, 0.5) is 13.2 Å². The maximum atomic E-state index is 12.0. The Morgan fingerprint density at radius 2 is 2.00 bits per heavy atom. The standard InChI is InChI=1S/C7H4F3NO2/c8-7(9,10)5-2-11-4(3-12)1-6(5)13/h1-3H,(H,11,13). The minimum atomic E-state index is -4.69. The van der Waals surface area contributed by atoms with E-state index < -0.39 is 17.2 Å². The molecule has 0 radical (unpaired) electrons. The summed E-state index contributed by atoms with van der Waals surface area (Å²) in [6.45, 7) is 0. The molecule has 0 aliphatic heterocycles. The number of aldehydes is 1. The van der Waals surface area contributed by atoms with Crippen LogP contribution in [0.2, 0.25) is 0 Å². The zero-order chi connectivity index (χ0) is 10.1. The number of rotatable bonds is 1. The predicted octanol–water partition coefficient (Wildman–Crippen LogP) is 1.21. The van der Waals surface area contributed by atoms with Crippen LogP contribution in [0.25, 0.3) is 0 Å². The fourth-order valence-electron chi connectivity index (χ4n) is 0.777. The van der Waals surface area contributed by atoms with Crippen LogP contribution in [-0.2, 0) is 6.18 Å². The van der Waals surface area contributed by atoms with Crippen LogP contribution in [0, 0.1) is 0 Å². The largest absolute Gasteiger partial charge is 0.421 e. The highest BCUT2D eigenvalue weighted by Gasteiger charge is 2.33. The number of hydrogen-bond acceptors (Lipinski definition) is 2. The number of H-pyrrole nitrogens is 1. The van der Waals surface area contributed by atoms with Crippen molar-refractivity contribution in [2.45, 2.75) is 6.18 Å². The van der Waals surface area contributed by atoms with Crippen molar-refractivity contribution >= 4 is 6.29 Å². The van der Waals surface area contributed by atoms with Crippen LogP contribution in [0.3, 0.4) is 0 Å². The van der Waals surface area contributed by atoms with E-state index in [-0.39, 0.29) is 12.0 Å². The van der Waals surface area contributed by atoms with Crippen molar-refractivity contribution < 1.29 is 18.0 Å². The topological polar surface area (TPSA) is 49.9 Å². The summed E-state index contributed by atoms with van der Waals surface area (Å²) in [5.74, 6) is 0. The van der Waals surface area contributed by atoms with Gasteiger partial charge >= 0.3 is 6.18 Å². The van der Waals surface area contributed by atoms with E-state index in [0.29, 0.717) is 12.3 Å². The molecule has 0 aliphatic rings. The molecule has 6 heteroatoms. The van der Waals surface area contributed by atoms with E-state index in [0.717, 1.165) is 0 Å². The first kappa shape index (κ1) is 9.50. The molecule has 1 aromatic rings. The number of alkyl halides is 3. The highest BCUT2D eigenvalue weighted by Crippen LogP contribution is 2.25. The zero-order valence-electron chi connectivity index (χ0n) is 6.18. The quantitative estimate of drug-likeness (QED) is 0.678. The summed E-state index contributed by atoms with van der Waals surface area (Å²) in [6, 6.07) is 0.607. The maximum absolute atomic E-state index is 12.0. The molecule has 1 heterocycles. The SMILES string of the molecule is O=Cc1cc(=O)c(C(F)(F)F)c[nH]1. The Bertz CT molecular complexity index is 380. The summed E-state index contributed by atoms with van der Waals surface area (Å²) in [6.07, 6.45) is -3.94. The van der Waals surface area contributed by atoms with Crippen molar-refractivity contribution in [3.63, 3.8) is 0 Å². The fourth-order valence-corrected chi connectivity index (χ4v) is 0.777. The molecule has 3 nitrogen and oxygen atoms in total. The Balaban J connectivity index is 3.29. The van der Waals surface area contributed by atoms with Crippen LogP contribution in [-0.4, -0.2) is 11.3 Å². The van der Waals surface area contributed by atoms with Crippen molar-refractivity contribution in [1.82, 2.24) is 4.98 Å². The monoisotopic (exact) mass is 191 g/mol. The summed E-state index contributed by atoms with van der Waals surface area (Å²) >= 11 is 0. The number of nitrogens with one attached hydrogen (secondary N) is 1. The molecule has 70 valence electrons. The van der Waals surface area contributed by atoms with Gasteiger partial charge in [0, 0.05) is 12.3 Å². The number of halogens is 3. The van der Waals surface area contributed by atoms with E-state index in [1.807, 2.05) is 4.98 Å². The van der Waals surface area contributed by atoms with E-state index in [1.165, 1.54) is 0 Å². The third-order valence-electron chi connectivity index (χ3n) is 1.37. The maximum Gasteiger partial charge on any atom is 0.421 e. The number of carbonyl (C=O) groups excluding carboxylic acids is 1. The molecule has 0 saturated carbocycles. The summed E-state index contributed by atoms with van der Waals surface area (Å²) in [7, 11) is 0. The molecule has 1 aromatic heterocycles. The summed E-state index contributed by atoms with van der Waals surface area (Å²) in [5.41, 5.74) is -2.70. The number of carbonyl (C=O) groups is 1. The highest BCUT2D eigenvalue weighted by molar-refractivity contribution is 5.71. The predicted molar refractivity (Wildman–Crippen MR) is 37.5 cm³/mol. The van der Waals surface area contributed by atoms with Gasteiger partial charge in [0.1, 0.15) is 5.56 Å². The van der Waals surface area contributed by atoms with Gasteiger partial charge in [0.05, 0.1) is 5.69 Å². The van der Waals surface area contributed by atoms with Crippen molar-refractivity contribution in [2.75, 3.05) is 0 Å². The molecule has 0 aliphatic carbocycles. The molecule has 1 rings (SSSR count). The van der Waals surface area contributed by atoms with Gasteiger partial charge < -0.3 is 4.98 Å². The number of aromatic amines is 1. The molecule has 0 aromatic carbocycles. The van der Waals surface area contributed by atoms with E-state index in [1.54, 1.807) is 0 Å². The third-order valence-corrected chi connectivity index (χ3v) is 1.37. The Labute approximate surface area is 70.2 Å². The molecule has 1 N–H and O–H groups in total. The molecule has 0 bridgehead atoms. The third kappa shape index (κ3) is 1.95. The van der Waals surface area contributed by atoms with E-state index in [9.17, 15) is 22.8 Å². The lowest BCUT2D eigenvalue weighted by Crippen LogP contribution is -2.19.